The van der Waals surface area contributed by atoms with Crippen molar-refractivity contribution in [1.29, 1.82) is 5.26 Å². The van der Waals surface area contributed by atoms with Crippen molar-refractivity contribution in [3.63, 3.8) is 0 Å². The number of alkyl halides is 3. The Balaban J connectivity index is 1.82. The zero-order valence-electron chi connectivity index (χ0n) is 12.6. The zero-order valence-corrected chi connectivity index (χ0v) is 12.6. The van der Waals surface area contributed by atoms with Gasteiger partial charge < -0.3 is 4.90 Å². The minimum absolute atomic E-state index is 0.228. The van der Waals surface area contributed by atoms with Gasteiger partial charge in [0.15, 0.2) is 11.5 Å². The normalized spacial score (nSPS) is 14.9. The van der Waals surface area contributed by atoms with Crippen LogP contribution in [0.25, 0.3) is 5.57 Å². The Labute approximate surface area is 136 Å². The molecule has 7 heteroatoms. The monoisotopic (exact) mass is 330 g/mol. The van der Waals surface area contributed by atoms with E-state index in [0.29, 0.717) is 30.9 Å². The molecule has 0 fully saturated rings. The predicted octanol–water partition coefficient (Wildman–Crippen LogP) is 3.66. The predicted molar refractivity (Wildman–Crippen MR) is 83.0 cm³/mol. The molecule has 24 heavy (non-hydrogen) atoms. The molecule has 2 aromatic rings. The molecule has 0 aliphatic carbocycles. The average molecular weight is 330 g/mol. The van der Waals surface area contributed by atoms with Crippen molar-refractivity contribution in [2.75, 3.05) is 18.0 Å². The molecule has 0 radical (unpaired) electrons. The number of nitriles is 1. The van der Waals surface area contributed by atoms with Crippen LogP contribution in [0.3, 0.4) is 0 Å². The van der Waals surface area contributed by atoms with Crippen molar-refractivity contribution in [3.8, 4) is 6.07 Å². The summed E-state index contributed by atoms with van der Waals surface area (Å²) >= 11 is 0. The lowest BCUT2D eigenvalue weighted by molar-refractivity contribution is -0.137. The van der Waals surface area contributed by atoms with Crippen LogP contribution in [0.2, 0.25) is 0 Å². The quantitative estimate of drug-likeness (QED) is 0.843. The Kier molecular flexibility index (Phi) is 4.21. The van der Waals surface area contributed by atoms with Crippen LogP contribution in [-0.4, -0.2) is 23.3 Å². The Hall–Kier alpha value is -2.88. The maximum atomic E-state index is 13.1. The lowest BCUT2D eigenvalue weighted by Gasteiger charge is -2.28. The first-order valence-electron chi connectivity index (χ1n) is 7.33. The molecule has 0 saturated heterocycles. The third-order valence-electron chi connectivity index (χ3n) is 3.88. The maximum absolute atomic E-state index is 13.1. The molecule has 1 aromatic heterocycles. The van der Waals surface area contributed by atoms with Crippen LogP contribution in [0, 0.1) is 11.3 Å². The second kappa shape index (κ2) is 6.32. The van der Waals surface area contributed by atoms with Crippen molar-refractivity contribution < 1.29 is 13.2 Å². The van der Waals surface area contributed by atoms with Gasteiger partial charge in [-0.1, -0.05) is 24.3 Å². The molecule has 0 N–H and O–H groups in total. The van der Waals surface area contributed by atoms with E-state index in [1.54, 1.807) is 24.3 Å². The van der Waals surface area contributed by atoms with Gasteiger partial charge in [-0.3, -0.25) is 0 Å². The van der Waals surface area contributed by atoms with E-state index in [0.717, 1.165) is 6.07 Å². The fourth-order valence-corrected chi connectivity index (χ4v) is 2.69. The van der Waals surface area contributed by atoms with Crippen LogP contribution in [0.15, 0.2) is 42.5 Å². The van der Waals surface area contributed by atoms with Crippen LogP contribution in [0.4, 0.5) is 19.0 Å². The first-order chi connectivity index (χ1) is 11.5. The third kappa shape index (κ3) is 3.23. The lowest BCUT2D eigenvalue weighted by Crippen LogP contribution is -2.29. The molecule has 0 bridgehead atoms. The number of aromatic nitrogens is 2. The standard InChI is InChI=1S/C17H13F3N4/c18-17(19,20)15-4-2-1-3-14(15)12-7-9-24(10-8-12)16-6-5-13(11-21)22-23-16/h1-7H,8-10H2. The number of anilines is 1. The minimum Gasteiger partial charge on any atom is -0.351 e. The van der Waals surface area contributed by atoms with Gasteiger partial charge in [-0.05, 0) is 35.8 Å². The van der Waals surface area contributed by atoms with E-state index in [2.05, 4.69) is 10.2 Å². The second-order valence-electron chi connectivity index (χ2n) is 5.36. The van der Waals surface area contributed by atoms with E-state index in [9.17, 15) is 13.2 Å². The number of benzene rings is 1. The molecule has 3 rings (SSSR count). The smallest absolute Gasteiger partial charge is 0.351 e. The van der Waals surface area contributed by atoms with Crippen LogP contribution < -0.4 is 4.90 Å². The molecular formula is C17H13F3N4. The number of hydrogen-bond donors (Lipinski definition) is 0. The molecule has 1 aliphatic heterocycles. The maximum Gasteiger partial charge on any atom is 0.416 e. The van der Waals surface area contributed by atoms with Gasteiger partial charge in [0, 0.05) is 13.1 Å². The molecule has 122 valence electrons. The van der Waals surface area contributed by atoms with Gasteiger partial charge in [0.25, 0.3) is 0 Å². The molecule has 0 atom stereocenters. The summed E-state index contributed by atoms with van der Waals surface area (Å²) in [6.45, 7) is 0.987. The lowest BCUT2D eigenvalue weighted by atomic mass is 9.94. The summed E-state index contributed by atoms with van der Waals surface area (Å²) in [6.07, 6.45) is -2.10. The molecule has 4 nitrogen and oxygen atoms in total. The number of halogens is 3. The van der Waals surface area contributed by atoms with Crippen LogP contribution in [0.1, 0.15) is 23.2 Å². The van der Waals surface area contributed by atoms with E-state index in [4.69, 9.17) is 5.26 Å². The van der Waals surface area contributed by atoms with Gasteiger partial charge in [-0.2, -0.15) is 18.4 Å². The fraction of sp³-hybridized carbons (Fsp3) is 0.235. The Bertz CT molecular complexity index is 804. The van der Waals surface area contributed by atoms with Crippen molar-refractivity contribution in [2.24, 2.45) is 0 Å². The summed E-state index contributed by atoms with van der Waals surface area (Å²) in [5, 5.41) is 16.5. The summed E-state index contributed by atoms with van der Waals surface area (Å²) in [5.74, 6) is 0.605. The highest BCUT2D eigenvalue weighted by molar-refractivity contribution is 5.71. The zero-order chi connectivity index (χ0) is 17.2. The van der Waals surface area contributed by atoms with E-state index in [1.807, 2.05) is 11.0 Å². The summed E-state index contributed by atoms with van der Waals surface area (Å²) in [4.78, 5) is 1.91. The first kappa shape index (κ1) is 16.0. The SMILES string of the molecule is N#Cc1ccc(N2CC=C(c3ccccc3C(F)(F)F)CC2)nn1. The van der Waals surface area contributed by atoms with Crippen molar-refractivity contribution in [3.05, 3.63) is 59.3 Å². The van der Waals surface area contributed by atoms with Gasteiger partial charge in [0.2, 0.25) is 0 Å². The van der Waals surface area contributed by atoms with E-state index >= 15 is 0 Å². The molecule has 1 aliphatic rings. The van der Waals surface area contributed by atoms with Gasteiger partial charge in [0.1, 0.15) is 6.07 Å². The number of rotatable bonds is 2. The first-order valence-corrected chi connectivity index (χ1v) is 7.33. The number of nitrogens with zero attached hydrogens (tertiary/aromatic N) is 4. The summed E-state index contributed by atoms with van der Waals surface area (Å²) in [6, 6.07) is 10.8. The highest BCUT2D eigenvalue weighted by Gasteiger charge is 2.34. The van der Waals surface area contributed by atoms with Gasteiger partial charge in [0.05, 0.1) is 5.56 Å². The van der Waals surface area contributed by atoms with Crippen LogP contribution >= 0.6 is 0 Å². The van der Waals surface area contributed by atoms with Crippen LogP contribution in [0.5, 0.6) is 0 Å². The highest BCUT2D eigenvalue weighted by Crippen LogP contribution is 2.36. The fourth-order valence-electron chi connectivity index (χ4n) is 2.69. The largest absolute Gasteiger partial charge is 0.416 e. The average Bonchev–Trinajstić information content (AvgIpc) is 2.61. The minimum atomic E-state index is -4.37. The Morgan fingerprint density at radius 3 is 2.46 bits per heavy atom. The van der Waals surface area contributed by atoms with Gasteiger partial charge >= 0.3 is 6.18 Å². The Morgan fingerprint density at radius 2 is 1.88 bits per heavy atom. The van der Waals surface area contributed by atoms with E-state index in [1.165, 1.54) is 12.1 Å². The molecule has 0 spiro atoms. The second-order valence-corrected chi connectivity index (χ2v) is 5.36. The molecule has 2 heterocycles. The van der Waals surface area contributed by atoms with Crippen molar-refractivity contribution in [1.82, 2.24) is 10.2 Å². The summed E-state index contributed by atoms with van der Waals surface area (Å²) in [5.41, 5.74) is 0.533. The molecule has 0 saturated carbocycles. The van der Waals surface area contributed by atoms with E-state index in [-0.39, 0.29) is 11.3 Å². The summed E-state index contributed by atoms with van der Waals surface area (Å²) < 4.78 is 39.4. The molecule has 1 aromatic carbocycles. The van der Waals surface area contributed by atoms with E-state index < -0.39 is 11.7 Å². The highest BCUT2D eigenvalue weighted by atomic mass is 19.4. The van der Waals surface area contributed by atoms with Crippen molar-refractivity contribution in [2.45, 2.75) is 12.6 Å². The summed E-state index contributed by atoms with van der Waals surface area (Å²) in [7, 11) is 0. The molecule has 0 amide bonds. The van der Waals surface area contributed by atoms with Crippen molar-refractivity contribution >= 4 is 11.4 Å². The van der Waals surface area contributed by atoms with Gasteiger partial charge in [-0.15, -0.1) is 10.2 Å². The Morgan fingerprint density at radius 1 is 1.08 bits per heavy atom. The van der Waals surface area contributed by atoms with Gasteiger partial charge in [-0.25, -0.2) is 0 Å². The third-order valence-corrected chi connectivity index (χ3v) is 3.88. The molecule has 0 unspecified atom stereocenters. The molecular weight excluding hydrogens is 317 g/mol. The van der Waals surface area contributed by atoms with Crippen LogP contribution in [-0.2, 0) is 6.18 Å². The topological polar surface area (TPSA) is 52.8 Å². The number of hydrogen-bond acceptors (Lipinski definition) is 4.